The summed E-state index contributed by atoms with van der Waals surface area (Å²) < 4.78 is 109. The van der Waals surface area contributed by atoms with E-state index >= 15 is 0 Å². The molecule has 0 saturated carbocycles. The summed E-state index contributed by atoms with van der Waals surface area (Å²) >= 11 is -0.792. The first-order valence-electron chi connectivity index (χ1n) is 13.6. The number of ether oxygens (including phenoxy) is 4. The second kappa shape index (κ2) is 14.9. The number of rotatable bonds is 11. The van der Waals surface area contributed by atoms with Crippen molar-refractivity contribution in [3.05, 3.63) is 81.7 Å². The lowest BCUT2D eigenvalue weighted by Gasteiger charge is -2.20. The van der Waals surface area contributed by atoms with Crippen molar-refractivity contribution >= 4 is 39.5 Å². The standard InChI is InChI=1S/C30H32F6IN3O4/c1-41-23-5-3-19(4-6-23)27-26(25-8-7-24(42-2)18-37-25)39-28(40(27)10-12-44-14-13-43-11-9-38)20-15-21(29(31,32)33)17-22(16-20)30(34,35)36/h3,5-8,15,17-18H,4,9-14,16,38H2,1-2H3. The van der Waals surface area contributed by atoms with Gasteiger partial charge < -0.3 is 29.2 Å². The second-order valence-corrected chi connectivity index (χ2v) is 12.1. The predicted molar refractivity (Wildman–Crippen MR) is 164 cm³/mol. The van der Waals surface area contributed by atoms with Crippen LogP contribution in [0.5, 0.6) is 0 Å². The molecule has 0 spiro atoms. The minimum Gasteiger partial charge on any atom is -0.497 e. The monoisotopic (exact) mass is 739 g/mol. The molecule has 14 heteroatoms. The summed E-state index contributed by atoms with van der Waals surface area (Å²) in [6.45, 7) is 1.45. The lowest BCUT2D eigenvalue weighted by Crippen LogP contribution is -2.34. The van der Waals surface area contributed by atoms with Crippen molar-refractivity contribution in [1.29, 1.82) is 0 Å². The summed E-state index contributed by atoms with van der Waals surface area (Å²) in [6, 6.07) is 0. The van der Waals surface area contributed by atoms with Crippen LogP contribution in [0.15, 0.2) is 65.2 Å². The fourth-order valence-corrected chi connectivity index (χ4v) is 6.79. The normalized spacial score (nSPS) is 19.9. The highest BCUT2D eigenvalue weighted by Crippen LogP contribution is 2.40. The van der Waals surface area contributed by atoms with Gasteiger partial charge in [-0.3, -0.25) is 0 Å². The molecule has 3 aliphatic rings. The van der Waals surface area contributed by atoms with E-state index in [9.17, 15) is 26.3 Å². The Kier molecular flexibility index (Phi) is 11.5. The zero-order chi connectivity index (χ0) is 31.9. The molecule has 2 N–H and O–H groups in total. The van der Waals surface area contributed by atoms with Crippen molar-refractivity contribution in [2.24, 2.45) is 5.73 Å². The van der Waals surface area contributed by atoms with Gasteiger partial charge in [0.1, 0.15) is 22.7 Å². The van der Waals surface area contributed by atoms with Crippen molar-refractivity contribution in [2.75, 3.05) is 47.2 Å². The number of alkyl halides is 6. The minimum atomic E-state index is -4.99. The number of methoxy groups -OCH3 is 2. The number of aromatic nitrogens is 2. The topological polar surface area (TPSA) is 80.8 Å². The minimum absolute atomic E-state index is 0.0171. The molecule has 7 nitrogen and oxygen atoms in total. The first-order valence-corrected chi connectivity index (χ1v) is 15.9. The summed E-state index contributed by atoms with van der Waals surface area (Å²) in [5, 5.41) is 0.594. The van der Waals surface area contributed by atoms with Gasteiger partial charge in [0.25, 0.3) is 0 Å². The second-order valence-electron chi connectivity index (χ2n) is 9.64. The first-order chi connectivity index (χ1) is 21.0. The van der Waals surface area contributed by atoms with Gasteiger partial charge in [0, 0.05) is 38.2 Å². The van der Waals surface area contributed by atoms with Gasteiger partial charge >= 0.3 is 12.4 Å². The van der Waals surface area contributed by atoms with E-state index in [1.807, 2.05) is 22.2 Å². The van der Waals surface area contributed by atoms with E-state index in [0.29, 0.717) is 42.1 Å². The molecule has 0 saturated heterocycles. The largest absolute Gasteiger partial charge is 0.497 e. The van der Waals surface area contributed by atoms with E-state index in [4.69, 9.17) is 29.7 Å². The third-order valence-electron chi connectivity index (χ3n) is 6.73. The lowest BCUT2D eigenvalue weighted by atomic mass is 9.94. The van der Waals surface area contributed by atoms with Crippen molar-refractivity contribution in [3.63, 3.8) is 0 Å². The van der Waals surface area contributed by atoms with Gasteiger partial charge in [0.05, 0.1) is 51.6 Å². The van der Waals surface area contributed by atoms with Gasteiger partial charge in [-0.1, -0.05) is 26.8 Å². The van der Waals surface area contributed by atoms with E-state index in [1.54, 1.807) is 23.8 Å². The number of nitrogens with two attached hydrogens (primary N) is 1. The average Bonchev–Trinajstić information content (AvgIpc) is 3.39. The Hall–Kier alpha value is -2.95. The number of imidazole rings is 1. The van der Waals surface area contributed by atoms with Gasteiger partial charge in [0.2, 0.25) is 0 Å². The fraction of sp³-hybridized carbons (Fsp3) is 0.400. The number of hydrogen-bond donors (Lipinski definition) is 1. The van der Waals surface area contributed by atoms with Crippen LogP contribution in [-0.4, -0.2) is 73.1 Å². The smallest absolute Gasteiger partial charge is 0.416 e. The van der Waals surface area contributed by atoms with Gasteiger partial charge in [-0.15, -0.1) is 0 Å². The number of halogens is 7. The molecule has 44 heavy (non-hydrogen) atoms. The maximum Gasteiger partial charge on any atom is 0.416 e. The highest BCUT2D eigenvalue weighted by Gasteiger charge is 2.41. The molecule has 0 atom stereocenters. The van der Waals surface area contributed by atoms with Crippen LogP contribution in [0, 0.1) is 0 Å². The molecule has 240 valence electrons. The molecule has 0 aromatic carbocycles. The van der Waals surface area contributed by atoms with Gasteiger partial charge in [-0.2, -0.15) is 26.3 Å². The summed E-state index contributed by atoms with van der Waals surface area (Å²) in [6.07, 6.45) is -0.355. The van der Waals surface area contributed by atoms with Crippen LogP contribution in [0.4, 0.5) is 26.3 Å². The Balaban J connectivity index is 1.96. The molecule has 4 rings (SSSR count). The molecule has 1 aromatic heterocycles. The fourth-order valence-electron chi connectivity index (χ4n) is 4.62. The predicted octanol–water partition coefficient (Wildman–Crippen LogP) is 4.71. The molecule has 0 amide bonds. The summed E-state index contributed by atoms with van der Waals surface area (Å²) in [5.41, 5.74) is 3.84. The molecule has 2 aliphatic carbocycles. The quantitative estimate of drug-likeness (QED) is 0.202. The van der Waals surface area contributed by atoms with Gasteiger partial charge in [0.15, 0.2) is 0 Å². The SMILES string of the molecule is COC1=CC=C(c2nc(=C3C=C(C(F)(F)F)C=C(C(F)(F)F)C3)n(CCOCCOCCN)c2=C2C=CC(OC)=CC2)I=C1. The van der Waals surface area contributed by atoms with E-state index in [2.05, 4.69) is 0 Å². The zero-order valence-corrected chi connectivity index (χ0v) is 26.2. The Morgan fingerprint density at radius 3 is 2.18 bits per heavy atom. The van der Waals surface area contributed by atoms with Crippen LogP contribution in [-0.2, 0) is 25.5 Å². The van der Waals surface area contributed by atoms with E-state index in [1.165, 1.54) is 7.11 Å². The molecule has 1 aliphatic heterocycles. The van der Waals surface area contributed by atoms with Crippen LogP contribution >= 0.6 is 20.7 Å². The molecule has 0 bridgehead atoms. The maximum atomic E-state index is 13.9. The highest BCUT2D eigenvalue weighted by molar-refractivity contribution is 14.2. The number of nitrogens with zero attached hydrogens (tertiary/aromatic N) is 2. The molecular weight excluding hydrogens is 707 g/mol. The zero-order valence-electron chi connectivity index (χ0n) is 24.0. The van der Waals surface area contributed by atoms with Crippen molar-refractivity contribution in [2.45, 2.75) is 31.7 Å². The van der Waals surface area contributed by atoms with E-state index < -0.39 is 50.7 Å². The Bertz CT molecular complexity index is 1580. The third-order valence-corrected chi connectivity index (χ3v) is 9.19. The van der Waals surface area contributed by atoms with Crippen LogP contribution in [0.2, 0.25) is 0 Å². The van der Waals surface area contributed by atoms with Gasteiger partial charge in [-0.05, 0) is 48.5 Å². The van der Waals surface area contributed by atoms with Crippen LogP contribution in [0.1, 0.15) is 18.5 Å². The summed E-state index contributed by atoms with van der Waals surface area (Å²) in [7, 11) is 3.08. The molecule has 0 fully saturated rings. The highest BCUT2D eigenvalue weighted by atomic mass is 127. The molecular formula is C30H32F6IN3O4. The van der Waals surface area contributed by atoms with E-state index in [0.717, 1.165) is 15.2 Å². The Labute approximate surface area is 260 Å². The van der Waals surface area contributed by atoms with Crippen molar-refractivity contribution in [1.82, 2.24) is 9.55 Å². The lowest BCUT2D eigenvalue weighted by molar-refractivity contribution is -0.0970. The Morgan fingerprint density at radius 2 is 1.61 bits per heavy atom. The number of hydrogen-bond acceptors (Lipinski definition) is 6. The van der Waals surface area contributed by atoms with Crippen LogP contribution in [0.25, 0.3) is 14.7 Å². The summed E-state index contributed by atoms with van der Waals surface area (Å²) in [5.74, 6) is 1.30. The third kappa shape index (κ3) is 8.40. The Morgan fingerprint density at radius 1 is 0.886 bits per heavy atom. The molecule has 0 unspecified atom stereocenters. The van der Waals surface area contributed by atoms with Crippen molar-refractivity contribution < 1.29 is 45.3 Å². The van der Waals surface area contributed by atoms with E-state index in [-0.39, 0.29) is 43.5 Å². The summed E-state index contributed by atoms with van der Waals surface area (Å²) in [4.78, 5) is 4.78. The first kappa shape index (κ1) is 33.9. The van der Waals surface area contributed by atoms with Gasteiger partial charge in [-0.25, -0.2) is 4.98 Å². The molecule has 2 heterocycles. The molecule has 0 radical (unpaired) electrons. The molecule has 1 aromatic rings. The average molecular weight is 739 g/mol. The van der Waals surface area contributed by atoms with Crippen LogP contribution < -0.4 is 16.6 Å². The maximum absolute atomic E-state index is 13.9. The van der Waals surface area contributed by atoms with Crippen molar-refractivity contribution in [3.8, 4) is 0 Å². The number of allylic oxidation sites excluding steroid dienone is 10. The van der Waals surface area contributed by atoms with Crippen LogP contribution in [0.3, 0.4) is 0 Å².